The van der Waals surface area contributed by atoms with Gasteiger partial charge in [-0.1, -0.05) is 32.0 Å². The molecule has 0 saturated carbocycles. The highest BCUT2D eigenvalue weighted by Crippen LogP contribution is 2.22. The molecule has 0 amide bonds. The van der Waals surface area contributed by atoms with Crippen LogP contribution in [0.15, 0.2) is 11.6 Å². The quantitative estimate of drug-likeness (QED) is 0.644. The predicted octanol–water partition coefficient (Wildman–Crippen LogP) is 2.96. The topological polar surface area (TPSA) is 26.3 Å². The summed E-state index contributed by atoms with van der Waals surface area (Å²) in [5, 5.41) is 0.506. The Morgan fingerprint density at radius 1 is 1.54 bits per heavy atom. The summed E-state index contributed by atoms with van der Waals surface area (Å²) >= 11 is 5.66. The minimum Gasteiger partial charge on any atom is -0.466 e. The average Bonchev–Trinajstić information content (AvgIpc) is 1.99. The third-order valence-electron chi connectivity index (χ3n) is 1.84. The van der Waals surface area contributed by atoms with Gasteiger partial charge in [0.05, 0.1) is 12.5 Å². The number of hydrogen-bond acceptors (Lipinski definition) is 2. The van der Waals surface area contributed by atoms with Gasteiger partial charge in [-0.15, -0.1) is 0 Å². The molecule has 0 aromatic carbocycles. The zero-order chi connectivity index (χ0) is 10.4. The van der Waals surface area contributed by atoms with Crippen molar-refractivity contribution in [2.24, 2.45) is 11.8 Å². The molecule has 0 saturated heterocycles. The van der Waals surface area contributed by atoms with E-state index in [4.69, 9.17) is 16.3 Å². The van der Waals surface area contributed by atoms with Gasteiger partial charge in [-0.3, -0.25) is 4.79 Å². The Morgan fingerprint density at radius 2 is 2.08 bits per heavy atom. The first-order valence-corrected chi connectivity index (χ1v) is 4.86. The van der Waals surface area contributed by atoms with Crippen LogP contribution in [0.3, 0.4) is 0 Å². The monoisotopic (exact) mass is 204 g/mol. The molecule has 0 heterocycles. The molecule has 76 valence electrons. The molecular weight excluding hydrogens is 188 g/mol. The maximum atomic E-state index is 11.4. The molecule has 0 fully saturated rings. The Kier molecular flexibility index (Phi) is 5.80. The average molecular weight is 205 g/mol. The van der Waals surface area contributed by atoms with Gasteiger partial charge in [-0.05, 0) is 19.3 Å². The minimum atomic E-state index is -0.181. The number of allylic oxidation sites excluding steroid dienone is 1. The van der Waals surface area contributed by atoms with Crippen molar-refractivity contribution in [3.63, 3.8) is 0 Å². The number of carbonyl (C=O) groups is 1. The summed E-state index contributed by atoms with van der Waals surface area (Å²) in [6.07, 6.45) is 0.498. The highest BCUT2D eigenvalue weighted by molar-refractivity contribution is 6.29. The van der Waals surface area contributed by atoms with Gasteiger partial charge in [0.15, 0.2) is 0 Å². The van der Waals surface area contributed by atoms with E-state index < -0.39 is 0 Å². The molecule has 0 aromatic heterocycles. The van der Waals surface area contributed by atoms with Crippen molar-refractivity contribution in [1.29, 1.82) is 0 Å². The molecular formula is C10H17ClO2. The van der Waals surface area contributed by atoms with Crippen molar-refractivity contribution in [2.75, 3.05) is 6.61 Å². The Balaban J connectivity index is 4.24. The second-order valence-electron chi connectivity index (χ2n) is 3.32. The van der Waals surface area contributed by atoms with Crippen LogP contribution in [0.4, 0.5) is 0 Å². The minimum absolute atomic E-state index is 0.162. The zero-order valence-electron chi connectivity index (χ0n) is 8.47. The predicted molar refractivity (Wildman–Crippen MR) is 54.6 cm³/mol. The summed E-state index contributed by atoms with van der Waals surface area (Å²) in [5.41, 5.74) is 0. The molecule has 0 aliphatic heterocycles. The van der Waals surface area contributed by atoms with Gasteiger partial charge in [0, 0.05) is 5.03 Å². The smallest absolute Gasteiger partial charge is 0.309 e. The van der Waals surface area contributed by atoms with Gasteiger partial charge in [0.2, 0.25) is 0 Å². The van der Waals surface area contributed by atoms with E-state index in [1.807, 2.05) is 13.8 Å². The molecule has 0 aliphatic rings. The Labute approximate surface area is 84.9 Å². The number of ether oxygens (including phenoxy) is 1. The number of rotatable bonds is 5. The van der Waals surface area contributed by atoms with E-state index in [0.29, 0.717) is 18.1 Å². The summed E-state index contributed by atoms with van der Waals surface area (Å²) in [6.45, 7) is 9.73. The Bertz CT molecular complexity index is 187. The molecule has 3 heteroatoms. The van der Waals surface area contributed by atoms with Gasteiger partial charge in [-0.2, -0.15) is 0 Å². The van der Waals surface area contributed by atoms with Crippen LogP contribution in [0.1, 0.15) is 27.2 Å². The fourth-order valence-electron chi connectivity index (χ4n) is 1.08. The van der Waals surface area contributed by atoms with E-state index in [1.165, 1.54) is 0 Å². The second kappa shape index (κ2) is 6.03. The first-order chi connectivity index (χ1) is 5.99. The van der Waals surface area contributed by atoms with Crippen LogP contribution >= 0.6 is 11.6 Å². The lowest BCUT2D eigenvalue weighted by Gasteiger charge is -2.18. The van der Waals surface area contributed by atoms with E-state index in [0.717, 1.165) is 0 Å². The van der Waals surface area contributed by atoms with E-state index >= 15 is 0 Å². The fraction of sp³-hybridized carbons (Fsp3) is 0.700. The van der Waals surface area contributed by atoms with E-state index in [9.17, 15) is 4.79 Å². The molecule has 2 nitrogen and oxygen atoms in total. The van der Waals surface area contributed by atoms with Gasteiger partial charge in [0.1, 0.15) is 0 Å². The fourth-order valence-corrected chi connectivity index (χ4v) is 1.25. The molecule has 0 radical (unpaired) electrons. The van der Waals surface area contributed by atoms with Crippen LogP contribution in [0.2, 0.25) is 0 Å². The highest BCUT2D eigenvalue weighted by Gasteiger charge is 2.23. The van der Waals surface area contributed by atoms with Crippen LogP contribution in [0, 0.1) is 11.8 Å². The standard InChI is InChI=1S/C10H17ClO2/c1-5-13-10(12)9(7(2)3)6-8(4)11/h7,9H,4-6H2,1-3H3. The summed E-state index contributed by atoms with van der Waals surface area (Å²) < 4.78 is 4.93. The summed E-state index contributed by atoms with van der Waals surface area (Å²) in [7, 11) is 0. The maximum Gasteiger partial charge on any atom is 0.309 e. The number of carbonyl (C=O) groups excluding carboxylic acids is 1. The molecule has 0 bridgehead atoms. The molecule has 0 aliphatic carbocycles. The lowest BCUT2D eigenvalue weighted by molar-refractivity contribution is -0.149. The van der Waals surface area contributed by atoms with Crippen LogP contribution in [-0.4, -0.2) is 12.6 Å². The van der Waals surface area contributed by atoms with Crippen LogP contribution < -0.4 is 0 Å². The third kappa shape index (κ3) is 4.94. The molecule has 0 N–H and O–H groups in total. The largest absolute Gasteiger partial charge is 0.466 e. The van der Waals surface area contributed by atoms with E-state index in [1.54, 1.807) is 6.92 Å². The molecule has 1 unspecified atom stereocenters. The van der Waals surface area contributed by atoms with Crippen molar-refractivity contribution < 1.29 is 9.53 Å². The summed E-state index contributed by atoms with van der Waals surface area (Å²) in [5.74, 6) is -0.112. The first kappa shape index (κ1) is 12.5. The van der Waals surface area contributed by atoms with E-state index in [-0.39, 0.29) is 17.8 Å². The van der Waals surface area contributed by atoms with Crippen molar-refractivity contribution in [1.82, 2.24) is 0 Å². The number of halogens is 1. The molecule has 1 atom stereocenters. The molecule has 0 aromatic rings. The summed E-state index contributed by atoms with van der Waals surface area (Å²) in [4.78, 5) is 11.4. The SMILES string of the molecule is C=C(Cl)CC(C(=O)OCC)C(C)C. The lowest BCUT2D eigenvalue weighted by Crippen LogP contribution is -2.22. The van der Waals surface area contributed by atoms with E-state index in [2.05, 4.69) is 6.58 Å². The van der Waals surface area contributed by atoms with Crippen molar-refractivity contribution in [2.45, 2.75) is 27.2 Å². The lowest BCUT2D eigenvalue weighted by atomic mass is 9.93. The van der Waals surface area contributed by atoms with Gasteiger partial charge >= 0.3 is 5.97 Å². The van der Waals surface area contributed by atoms with Gasteiger partial charge < -0.3 is 4.74 Å². The van der Waals surface area contributed by atoms with Crippen LogP contribution in [0.5, 0.6) is 0 Å². The molecule has 0 rings (SSSR count). The first-order valence-electron chi connectivity index (χ1n) is 4.49. The normalized spacial score (nSPS) is 12.7. The van der Waals surface area contributed by atoms with Crippen molar-refractivity contribution >= 4 is 17.6 Å². The molecule has 13 heavy (non-hydrogen) atoms. The van der Waals surface area contributed by atoms with Crippen LogP contribution in [0.25, 0.3) is 0 Å². The number of hydrogen-bond donors (Lipinski definition) is 0. The Hall–Kier alpha value is -0.500. The zero-order valence-corrected chi connectivity index (χ0v) is 9.23. The highest BCUT2D eigenvalue weighted by atomic mass is 35.5. The van der Waals surface area contributed by atoms with Crippen LogP contribution in [-0.2, 0) is 9.53 Å². The third-order valence-corrected chi connectivity index (χ3v) is 1.99. The van der Waals surface area contributed by atoms with Gasteiger partial charge in [0.25, 0.3) is 0 Å². The van der Waals surface area contributed by atoms with Crippen molar-refractivity contribution in [3.8, 4) is 0 Å². The van der Waals surface area contributed by atoms with Gasteiger partial charge in [-0.25, -0.2) is 0 Å². The second-order valence-corrected chi connectivity index (χ2v) is 3.86. The number of esters is 1. The van der Waals surface area contributed by atoms with Crippen molar-refractivity contribution in [3.05, 3.63) is 11.6 Å². The summed E-state index contributed by atoms with van der Waals surface area (Å²) in [6, 6.07) is 0. The Morgan fingerprint density at radius 3 is 2.38 bits per heavy atom. The maximum absolute atomic E-state index is 11.4. The molecule has 0 spiro atoms.